The van der Waals surface area contributed by atoms with Crippen LogP contribution in [-0.2, 0) is 14.6 Å². The summed E-state index contributed by atoms with van der Waals surface area (Å²) in [5.41, 5.74) is 0. The van der Waals surface area contributed by atoms with Crippen LogP contribution in [0.25, 0.3) is 0 Å². The molecular weight excluding hydrogens is 260 g/mol. The van der Waals surface area contributed by atoms with E-state index < -0.39 is 27.9 Å². The predicted octanol–water partition coefficient (Wildman–Crippen LogP) is -0.170. The summed E-state index contributed by atoms with van der Waals surface area (Å²) in [5, 5.41) is 13.4. The molecule has 0 fully saturated rings. The first-order valence-corrected chi connectivity index (χ1v) is 7.49. The molecule has 3 N–H and O–H groups in total. The van der Waals surface area contributed by atoms with E-state index in [-0.39, 0.29) is 24.0 Å². The van der Waals surface area contributed by atoms with Gasteiger partial charge in [0.05, 0.1) is 5.75 Å². The predicted molar refractivity (Wildman–Crippen MR) is 67.1 cm³/mol. The number of carbonyl (C=O) groups is 2. The van der Waals surface area contributed by atoms with E-state index in [1.807, 2.05) is 0 Å². The number of amides is 2. The number of urea groups is 1. The van der Waals surface area contributed by atoms with Crippen LogP contribution < -0.4 is 10.6 Å². The van der Waals surface area contributed by atoms with Crippen molar-refractivity contribution in [2.24, 2.45) is 5.92 Å². The van der Waals surface area contributed by atoms with Gasteiger partial charge in [-0.3, -0.25) is 0 Å². The number of nitrogens with one attached hydrogen (secondary N) is 2. The van der Waals surface area contributed by atoms with E-state index >= 15 is 0 Å². The van der Waals surface area contributed by atoms with E-state index in [2.05, 4.69) is 10.6 Å². The molecule has 0 radical (unpaired) electrons. The molecular formula is C10H20N2O5S. The standard InChI is InChI=1S/C10H20N2O5S/c1-4-18(16,17)6-5-11-10(15)12-8(7(2)3)9(13)14/h7-8H,4-6H2,1-3H3,(H,13,14)(H2,11,12,15)/t8-/m0/s1. The van der Waals surface area contributed by atoms with E-state index in [9.17, 15) is 18.0 Å². The fourth-order valence-electron chi connectivity index (χ4n) is 1.17. The molecule has 1 atom stereocenters. The van der Waals surface area contributed by atoms with Crippen LogP contribution in [0, 0.1) is 5.92 Å². The third-order valence-corrected chi connectivity index (χ3v) is 4.06. The van der Waals surface area contributed by atoms with Gasteiger partial charge in [0.15, 0.2) is 9.84 Å². The highest BCUT2D eigenvalue weighted by atomic mass is 32.2. The van der Waals surface area contributed by atoms with Crippen molar-refractivity contribution >= 4 is 21.8 Å². The van der Waals surface area contributed by atoms with Crippen molar-refractivity contribution in [3.8, 4) is 0 Å². The van der Waals surface area contributed by atoms with Crippen LogP contribution in [-0.4, -0.2) is 49.6 Å². The molecule has 0 unspecified atom stereocenters. The fourth-order valence-corrected chi connectivity index (χ4v) is 1.87. The maximum absolute atomic E-state index is 11.4. The number of sulfone groups is 1. The Balaban J connectivity index is 4.16. The van der Waals surface area contributed by atoms with Crippen LogP contribution >= 0.6 is 0 Å². The summed E-state index contributed by atoms with van der Waals surface area (Å²) >= 11 is 0. The minimum absolute atomic E-state index is 0.0139. The molecule has 0 aromatic heterocycles. The van der Waals surface area contributed by atoms with Crippen molar-refractivity contribution < 1.29 is 23.1 Å². The van der Waals surface area contributed by atoms with Gasteiger partial charge in [-0.2, -0.15) is 0 Å². The molecule has 0 saturated carbocycles. The Hall–Kier alpha value is -1.31. The van der Waals surface area contributed by atoms with Gasteiger partial charge < -0.3 is 15.7 Å². The van der Waals surface area contributed by atoms with Gasteiger partial charge in [-0.25, -0.2) is 18.0 Å². The highest BCUT2D eigenvalue weighted by molar-refractivity contribution is 7.91. The van der Waals surface area contributed by atoms with Crippen LogP contribution in [0.4, 0.5) is 4.79 Å². The fraction of sp³-hybridized carbons (Fsp3) is 0.800. The Morgan fingerprint density at radius 3 is 2.22 bits per heavy atom. The average Bonchev–Trinajstić information content (AvgIpc) is 2.24. The summed E-state index contributed by atoms with van der Waals surface area (Å²) < 4.78 is 22.3. The molecule has 0 aliphatic carbocycles. The second kappa shape index (κ2) is 7.20. The molecule has 18 heavy (non-hydrogen) atoms. The zero-order valence-corrected chi connectivity index (χ0v) is 11.6. The molecule has 0 bridgehead atoms. The van der Waals surface area contributed by atoms with Crippen LogP contribution in [0.15, 0.2) is 0 Å². The normalized spacial score (nSPS) is 13.1. The second-order valence-electron chi connectivity index (χ2n) is 4.20. The minimum Gasteiger partial charge on any atom is -0.480 e. The number of hydrogen-bond acceptors (Lipinski definition) is 4. The summed E-state index contributed by atoms with van der Waals surface area (Å²) in [5.74, 6) is -1.52. The van der Waals surface area contributed by atoms with Crippen LogP contribution in [0.1, 0.15) is 20.8 Å². The molecule has 0 saturated heterocycles. The number of carboxylic acids is 1. The number of hydrogen-bond donors (Lipinski definition) is 3. The van der Waals surface area contributed by atoms with E-state index in [0.717, 1.165) is 0 Å². The van der Waals surface area contributed by atoms with E-state index in [1.54, 1.807) is 13.8 Å². The lowest BCUT2D eigenvalue weighted by Crippen LogP contribution is -2.49. The quantitative estimate of drug-likeness (QED) is 0.599. The summed E-state index contributed by atoms with van der Waals surface area (Å²) in [7, 11) is -3.14. The van der Waals surface area contributed by atoms with Gasteiger partial charge >= 0.3 is 12.0 Å². The minimum atomic E-state index is -3.14. The van der Waals surface area contributed by atoms with Crippen LogP contribution in [0.2, 0.25) is 0 Å². The monoisotopic (exact) mass is 280 g/mol. The van der Waals surface area contributed by atoms with Gasteiger partial charge in [-0.15, -0.1) is 0 Å². The van der Waals surface area contributed by atoms with E-state index in [4.69, 9.17) is 5.11 Å². The lowest BCUT2D eigenvalue weighted by molar-refractivity contribution is -0.140. The molecule has 0 aliphatic heterocycles. The second-order valence-corrected chi connectivity index (χ2v) is 6.67. The SMILES string of the molecule is CCS(=O)(=O)CCNC(=O)N[C@H](C(=O)O)C(C)C. The first kappa shape index (κ1) is 16.7. The Kier molecular flexibility index (Phi) is 6.67. The lowest BCUT2D eigenvalue weighted by atomic mass is 10.1. The third-order valence-electron chi connectivity index (χ3n) is 2.36. The van der Waals surface area contributed by atoms with Crippen molar-refractivity contribution in [2.45, 2.75) is 26.8 Å². The van der Waals surface area contributed by atoms with Crippen molar-refractivity contribution in [1.29, 1.82) is 0 Å². The lowest BCUT2D eigenvalue weighted by Gasteiger charge is -2.18. The number of carbonyl (C=O) groups excluding carboxylic acids is 1. The van der Waals surface area contributed by atoms with Gasteiger partial charge in [0.2, 0.25) is 0 Å². The Morgan fingerprint density at radius 2 is 1.83 bits per heavy atom. The molecule has 0 aromatic rings. The van der Waals surface area contributed by atoms with Crippen LogP contribution in [0.5, 0.6) is 0 Å². The number of aliphatic carboxylic acids is 1. The Morgan fingerprint density at radius 1 is 1.28 bits per heavy atom. The largest absolute Gasteiger partial charge is 0.480 e. The molecule has 0 rings (SSSR count). The van der Waals surface area contributed by atoms with E-state index in [1.165, 1.54) is 6.92 Å². The number of rotatable bonds is 7. The van der Waals surface area contributed by atoms with Crippen molar-refractivity contribution in [3.63, 3.8) is 0 Å². The van der Waals surface area contributed by atoms with Crippen molar-refractivity contribution in [3.05, 3.63) is 0 Å². The van der Waals surface area contributed by atoms with Gasteiger partial charge in [0, 0.05) is 12.3 Å². The maximum Gasteiger partial charge on any atom is 0.326 e. The summed E-state index contributed by atoms with van der Waals surface area (Å²) in [6.07, 6.45) is 0. The topological polar surface area (TPSA) is 113 Å². The van der Waals surface area contributed by atoms with Crippen molar-refractivity contribution in [2.75, 3.05) is 18.1 Å². The summed E-state index contributed by atoms with van der Waals surface area (Å²) in [6.45, 7) is 4.82. The summed E-state index contributed by atoms with van der Waals surface area (Å²) in [6, 6.07) is -1.67. The summed E-state index contributed by atoms with van der Waals surface area (Å²) in [4.78, 5) is 22.2. The van der Waals surface area contributed by atoms with E-state index in [0.29, 0.717) is 0 Å². The Labute approximate surface area is 107 Å². The first-order valence-electron chi connectivity index (χ1n) is 5.67. The van der Waals surface area contributed by atoms with Gasteiger partial charge in [-0.05, 0) is 5.92 Å². The van der Waals surface area contributed by atoms with Gasteiger partial charge in [0.1, 0.15) is 6.04 Å². The molecule has 106 valence electrons. The molecule has 0 heterocycles. The highest BCUT2D eigenvalue weighted by Crippen LogP contribution is 2.01. The van der Waals surface area contributed by atoms with Gasteiger partial charge in [-0.1, -0.05) is 20.8 Å². The van der Waals surface area contributed by atoms with Crippen LogP contribution in [0.3, 0.4) is 0 Å². The average molecular weight is 280 g/mol. The number of carboxylic acid groups (broad SMARTS) is 1. The highest BCUT2D eigenvalue weighted by Gasteiger charge is 2.23. The molecule has 8 heteroatoms. The molecule has 0 aromatic carbocycles. The molecule has 0 spiro atoms. The molecule has 7 nitrogen and oxygen atoms in total. The first-order chi connectivity index (χ1) is 8.19. The molecule has 2 amide bonds. The smallest absolute Gasteiger partial charge is 0.326 e. The zero-order valence-electron chi connectivity index (χ0n) is 10.8. The molecule has 0 aliphatic rings. The third kappa shape index (κ3) is 6.43. The zero-order chi connectivity index (χ0) is 14.3. The van der Waals surface area contributed by atoms with Gasteiger partial charge in [0.25, 0.3) is 0 Å². The Bertz CT molecular complexity index is 391. The maximum atomic E-state index is 11.4. The van der Waals surface area contributed by atoms with Crippen molar-refractivity contribution in [1.82, 2.24) is 10.6 Å².